The summed E-state index contributed by atoms with van der Waals surface area (Å²) in [7, 11) is 0. The third-order valence-corrected chi connectivity index (χ3v) is 7.05. The summed E-state index contributed by atoms with van der Waals surface area (Å²) in [6.07, 6.45) is 9.78. The van der Waals surface area contributed by atoms with E-state index in [4.69, 9.17) is 4.98 Å². The largest absolute Gasteiger partial charge is 0.296 e. The van der Waals surface area contributed by atoms with Crippen molar-refractivity contribution < 1.29 is 20.1 Å². The van der Waals surface area contributed by atoms with Crippen LogP contribution in [0.4, 0.5) is 17.3 Å². The van der Waals surface area contributed by atoms with Gasteiger partial charge in [0.1, 0.15) is 11.6 Å². The summed E-state index contributed by atoms with van der Waals surface area (Å²) in [5.74, 6) is 1.70. The maximum Gasteiger partial charge on any atom is 0.138 e. The molecule has 3 heterocycles. The van der Waals surface area contributed by atoms with Crippen molar-refractivity contribution in [1.29, 1.82) is 0 Å². The maximum absolute atomic E-state index is 4.74. The van der Waals surface area contributed by atoms with Crippen molar-refractivity contribution in [2.75, 3.05) is 4.90 Å². The molecule has 0 spiro atoms. The van der Waals surface area contributed by atoms with Gasteiger partial charge in [0.15, 0.2) is 0 Å². The van der Waals surface area contributed by atoms with Crippen LogP contribution >= 0.6 is 0 Å². The summed E-state index contributed by atoms with van der Waals surface area (Å²) in [5, 5.41) is 1.26. The summed E-state index contributed by atoms with van der Waals surface area (Å²) in [5.41, 5.74) is 10.2. The second kappa shape index (κ2) is 12.9. The average Bonchev–Trinajstić information content (AvgIpc) is 3.45. The van der Waals surface area contributed by atoms with E-state index >= 15 is 0 Å². The molecule has 3 aromatic carbocycles. The van der Waals surface area contributed by atoms with Crippen molar-refractivity contribution in [1.82, 2.24) is 15.0 Å². The van der Waals surface area contributed by atoms with Crippen molar-refractivity contribution in [3.63, 3.8) is 0 Å². The van der Waals surface area contributed by atoms with Crippen molar-refractivity contribution in [3.05, 3.63) is 150 Å². The molecule has 42 heavy (non-hydrogen) atoms. The summed E-state index contributed by atoms with van der Waals surface area (Å²) >= 11 is 0. The molecule has 3 aromatic heterocycles. The standard InChI is InChI=1S/C20H19N3.C17H10N.Ir/c1-4-17-13-15(2)20(16(3)14-17)23(18-9-5-7-11-21-18)19-10-6-8-12-22-19;1-2-5-12(6-3-1)16-11-14-10-9-13-7-4-8-15(18-16)17(13)14;/h4-14H,1H2,2-3H3;1-5,7-11H;/q;-1;. The number of nitrogens with zero attached hydrogens (tertiary/aromatic N) is 4. The number of anilines is 3. The second-order valence-corrected chi connectivity index (χ2v) is 9.87. The van der Waals surface area contributed by atoms with Gasteiger partial charge in [-0.3, -0.25) is 9.88 Å². The van der Waals surface area contributed by atoms with Gasteiger partial charge in [0, 0.05) is 37.9 Å². The molecule has 1 radical (unpaired) electrons. The van der Waals surface area contributed by atoms with Crippen LogP contribution in [0.5, 0.6) is 0 Å². The van der Waals surface area contributed by atoms with E-state index < -0.39 is 0 Å². The number of benzene rings is 3. The van der Waals surface area contributed by atoms with Crippen LogP contribution in [0.1, 0.15) is 27.8 Å². The molecule has 0 saturated heterocycles. The minimum absolute atomic E-state index is 0. The second-order valence-electron chi connectivity index (χ2n) is 9.87. The van der Waals surface area contributed by atoms with Crippen molar-refractivity contribution >= 4 is 46.5 Å². The maximum atomic E-state index is 4.74. The first-order valence-corrected chi connectivity index (χ1v) is 13.6. The van der Waals surface area contributed by atoms with Crippen LogP contribution in [0.2, 0.25) is 0 Å². The zero-order valence-electron chi connectivity index (χ0n) is 23.5. The molecule has 5 heteroatoms. The molecule has 0 unspecified atom stereocenters. The third kappa shape index (κ3) is 5.84. The first kappa shape index (κ1) is 28.8. The van der Waals surface area contributed by atoms with Crippen LogP contribution in [-0.2, 0) is 20.1 Å². The van der Waals surface area contributed by atoms with E-state index in [1.807, 2.05) is 66.7 Å². The first-order valence-electron chi connectivity index (χ1n) is 13.6. The van der Waals surface area contributed by atoms with E-state index in [-0.39, 0.29) is 20.1 Å². The van der Waals surface area contributed by atoms with Crippen LogP contribution in [0.3, 0.4) is 0 Å². The number of aromatic nitrogens is 3. The Labute approximate surface area is 260 Å². The van der Waals surface area contributed by atoms with E-state index in [1.165, 1.54) is 16.5 Å². The minimum Gasteiger partial charge on any atom is -0.296 e. The Balaban J connectivity index is 0.000000168. The van der Waals surface area contributed by atoms with E-state index in [9.17, 15) is 0 Å². The molecule has 0 fully saturated rings. The summed E-state index contributed by atoms with van der Waals surface area (Å²) in [6, 6.07) is 35.7. The molecule has 6 aromatic rings. The predicted octanol–water partition coefficient (Wildman–Crippen LogP) is 9.39. The van der Waals surface area contributed by atoms with Crippen LogP contribution in [-0.4, -0.2) is 15.0 Å². The van der Waals surface area contributed by atoms with Gasteiger partial charge in [-0.15, -0.1) is 35.9 Å². The molecule has 0 bridgehead atoms. The van der Waals surface area contributed by atoms with E-state index in [2.05, 4.69) is 89.9 Å². The fourth-order valence-corrected chi connectivity index (χ4v) is 5.27. The van der Waals surface area contributed by atoms with Crippen molar-refractivity contribution in [2.45, 2.75) is 13.8 Å². The molecule has 0 saturated carbocycles. The average molecular weight is 722 g/mol. The summed E-state index contributed by atoms with van der Waals surface area (Å²) in [6.45, 7) is 8.08. The van der Waals surface area contributed by atoms with Gasteiger partial charge in [-0.2, -0.15) is 0 Å². The fourth-order valence-electron chi connectivity index (χ4n) is 5.27. The van der Waals surface area contributed by atoms with Gasteiger partial charge in [0.05, 0.1) is 11.2 Å². The molecular formula is C37H29IrN4-. The van der Waals surface area contributed by atoms with Crippen molar-refractivity contribution in [2.24, 2.45) is 0 Å². The molecule has 0 aliphatic heterocycles. The Morgan fingerprint density at radius 1 is 0.738 bits per heavy atom. The van der Waals surface area contributed by atoms with Crippen LogP contribution in [0.25, 0.3) is 40.4 Å². The number of aryl methyl sites for hydroxylation is 2. The van der Waals surface area contributed by atoms with Crippen LogP contribution in [0.15, 0.2) is 116 Å². The molecule has 0 N–H and O–H groups in total. The Morgan fingerprint density at radius 3 is 2.00 bits per heavy atom. The molecule has 0 amide bonds. The van der Waals surface area contributed by atoms with Gasteiger partial charge in [-0.05, 0) is 89.8 Å². The monoisotopic (exact) mass is 722 g/mol. The number of hydrogen-bond donors (Lipinski definition) is 0. The molecule has 4 nitrogen and oxygen atoms in total. The predicted molar refractivity (Wildman–Crippen MR) is 171 cm³/mol. The Hall–Kier alpha value is -4.70. The topological polar surface area (TPSA) is 41.9 Å². The van der Waals surface area contributed by atoms with Gasteiger partial charge in [-0.25, -0.2) is 9.97 Å². The SMILES string of the molecule is C=Cc1cc(C)c(N(c2ccccn2)c2ccccn2)c(C)c1.[Ir].[c-]1ccccc1-c1cc2c3c(cccc3n1)C=C2. The zero-order chi connectivity index (χ0) is 28.2. The van der Waals surface area contributed by atoms with E-state index in [0.717, 1.165) is 50.8 Å². The van der Waals surface area contributed by atoms with E-state index in [1.54, 1.807) is 12.4 Å². The molecule has 7 rings (SSSR count). The van der Waals surface area contributed by atoms with Gasteiger partial charge >= 0.3 is 0 Å². The Morgan fingerprint density at radius 2 is 1.40 bits per heavy atom. The Kier molecular flexibility index (Phi) is 8.82. The van der Waals surface area contributed by atoms with Gasteiger partial charge in [0.25, 0.3) is 0 Å². The van der Waals surface area contributed by atoms with Crippen LogP contribution in [0, 0.1) is 19.9 Å². The molecule has 207 valence electrons. The van der Waals surface area contributed by atoms with Gasteiger partial charge in [0.2, 0.25) is 0 Å². The fraction of sp³-hybridized carbons (Fsp3) is 0.0541. The van der Waals surface area contributed by atoms with Gasteiger partial charge in [-0.1, -0.05) is 55.1 Å². The quantitative estimate of drug-likeness (QED) is 0.166. The molecule has 1 aliphatic rings. The summed E-state index contributed by atoms with van der Waals surface area (Å²) in [4.78, 5) is 15.9. The number of pyridine rings is 3. The normalized spacial score (nSPS) is 10.9. The van der Waals surface area contributed by atoms with E-state index in [0.29, 0.717) is 0 Å². The molecular weight excluding hydrogens is 693 g/mol. The smallest absolute Gasteiger partial charge is 0.138 e. The third-order valence-electron chi connectivity index (χ3n) is 7.05. The molecule has 1 aliphatic carbocycles. The Bertz CT molecular complexity index is 1800. The van der Waals surface area contributed by atoms with Crippen LogP contribution < -0.4 is 4.90 Å². The minimum atomic E-state index is 0. The first-order chi connectivity index (χ1) is 20.1. The van der Waals surface area contributed by atoms with Crippen molar-refractivity contribution in [3.8, 4) is 11.3 Å². The molecule has 0 atom stereocenters. The summed E-state index contributed by atoms with van der Waals surface area (Å²) < 4.78 is 0. The zero-order valence-corrected chi connectivity index (χ0v) is 25.8. The van der Waals surface area contributed by atoms with Gasteiger partial charge < -0.3 is 0 Å². The number of rotatable bonds is 5. The number of hydrogen-bond acceptors (Lipinski definition) is 4.